The van der Waals surface area contributed by atoms with Crippen molar-refractivity contribution >= 4 is 60.6 Å². The number of aromatic nitrogens is 3. The minimum Gasteiger partial charge on any atom is -0.858 e. The number of nitrogens with zero attached hydrogens (tertiary/aromatic N) is 4. The van der Waals surface area contributed by atoms with Gasteiger partial charge in [-0.05, 0) is 33.3 Å². The summed E-state index contributed by atoms with van der Waals surface area (Å²) in [5, 5.41) is 25.1. The third-order valence-corrected chi connectivity index (χ3v) is 6.08. The molecular formula is C18H12BrN7O3S. The van der Waals surface area contributed by atoms with Crippen LogP contribution in [0, 0.1) is 11.3 Å². The second-order valence-corrected chi connectivity index (χ2v) is 7.99. The Balaban J connectivity index is 2.05. The third kappa shape index (κ3) is 3.00. The first-order chi connectivity index (χ1) is 14.3. The smallest absolute Gasteiger partial charge is 0.435 e. The van der Waals surface area contributed by atoms with Crippen molar-refractivity contribution in [2.24, 2.45) is 12.0 Å². The first kappa shape index (κ1) is 19.6. The molecule has 30 heavy (non-hydrogen) atoms. The van der Waals surface area contributed by atoms with E-state index in [0.29, 0.717) is 15.0 Å². The number of anilines is 2. The van der Waals surface area contributed by atoms with Crippen molar-refractivity contribution in [3.63, 3.8) is 0 Å². The number of nitrogen functional groups attached to an aromatic ring is 2. The first-order valence-corrected chi connectivity index (χ1v) is 9.94. The summed E-state index contributed by atoms with van der Waals surface area (Å²) < 4.78 is 6.74. The maximum Gasteiger partial charge on any atom is 0.435 e. The minimum atomic E-state index is -0.725. The maximum atomic E-state index is 12.9. The Morgan fingerprint density at radius 2 is 2.17 bits per heavy atom. The number of benzene rings is 1. The molecule has 0 bridgehead atoms. The number of thiophene rings is 1. The van der Waals surface area contributed by atoms with Gasteiger partial charge < -0.3 is 16.6 Å². The van der Waals surface area contributed by atoms with E-state index in [1.807, 2.05) is 6.07 Å². The summed E-state index contributed by atoms with van der Waals surface area (Å²) in [4.78, 5) is 21.0. The minimum absolute atomic E-state index is 0.0249. The lowest BCUT2D eigenvalue weighted by molar-refractivity contribution is -0.730. The van der Waals surface area contributed by atoms with Crippen LogP contribution in [0.1, 0.15) is 10.4 Å². The highest BCUT2D eigenvalue weighted by Crippen LogP contribution is 2.41. The second-order valence-electron chi connectivity index (χ2n) is 6.14. The summed E-state index contributed by atoms with van der Waals surface area (Å²) in [7, 11) is 1.53. The number of aryl methyl sites for hydroxylation is 1. The van der Waals surface area contributed by atoms with Gasteiger partial charge in [-0.1, -0.05) is 16.8 Å². The zero-order chi connectivity index (χ0) is 21.6. The number of halogens is 1. The Morgan fingerprint density at radius 1 is 1.43 bits per heavy atom. The van der Waals surface area contributed by atoms with Crippen LogP contribution in [-0.4, -0.2) is 16.2 Å². The van der Waals surface area contributed by atoms with Crippen molar-refractivity contribution in [3.05, 3.63) is 49.6 Å². The zero-order valence-corrected chi connectivity index (χ0v) is 17.7. The van der Waals surface area contributed by atoms with E-state index in [-0.39, 0.29) is 38.6 Å². The van der Waals surface area contributed by atoms with E-state index in [0.717, 1.165) is 11.3 Å². The highest BCUT2D eigenvalue weighted by Gasteiger charge is 2.31. The summed E-state index contributed by atoms with van der Waals surface area (Å²) in [5.41, 5.74) is 12.1. The van der Waals surface area contributed by atoms with E-state index < -0.39 is 11.5 Å². The Bertz CT molecular complexity index is 1440. The van der Waals surface area contributed by atoms with Gasteiger partial charge in [0, 0.05) is 10.4 Å². The molecule has 0 unspecified atom stereocenters. The van der Waals surface area contributed by atoms with Crippen LogP contribution in [-0.2, 0) is 7.05 Å². The van der Waals surface area contributed by atoms with Gasteiger partial charge in [0.25, 0.3) is 0 Å². The molecule has 0 spiro atoms. The zero-order valence-electron chi connectivity index (χ0n) is 15.3. The molecule has 4 aromatic rings. The van der Waals surface area contributed by atoms with Crippen molar-refractivity contribution in [3.8, 4) is 17.3 Å². The second kappa shape index (κ2) is 7.29. The average Bonchev–Trinajstić information content (AvgIpc) is 3.21. The molecule has 5 N–H and O–H groups in total. The number of nitrogens with one attached hydrogen (secondary N) is 1. The fourth-order valence-corrected chi connectivity index (χ4v) is 4.36. The molecule has 12 heteroatoms. The molecule has 3 heterocycles. The van der Waals surface area contributed by atoms with Gasteiger partial charge in [0.15, 0.2) is 7.05 Å². The van der Waals surface area contributed by atoms with E-state index in [4.69, 9.17) is 16.0 Å². The molecule has 10 nitrogen and oxygen atoms in total. The number of para-hydroxylation sites is 1. The summed E-state index contributed by atoms with van der Waals surface area (Å²) >= 11 is 4.32. The standard InChI is InChI=1S/C18H12BrN7O3S/c1-26-13(18(28)29-25-26)10-7(6-20)15(22)24-17-11(10)12(21)14(30-17)16(27)23-9-5-3-2-4-8(9)19/h2-5H,1H3,(H5-,21,22,23,24,25,27,28). The Kier molecular flexibility index (Phi) is 4.76. The molecule has 0 aliphatic carbocycles. The molecule has 150 valence electrons. The van der Waals surface area contributed by atoms with Crippen LogP contribution < -0.4 is 26.9 Å². The first-order valence-electron chi connectivity index (χ1n) is 8.33. The van der Waals surface area contributed by atoms with Gasteiger partial charge in [-0.2, -0.15) is 5.26 Å². The summed E-state index contributed by atoms with van der Waals surface area (Å²) in [6, 6.07) is 8.92. The Morgan fingerprint density at radius 3 is 2.80 bits per heavy atom. The van der Waals surface area contributed by atoms with E-state index >= 15 is 0 Å². The van der Waals surface area contributed by atoms with Crippen molar-refractivity contribution in [1.82, 2.24) is 10.3 Å². The molecule has 0 radical (unpaired) electrons. The highest BCUT2D eigenvalue weighted by atomic mass is 79.9. The van der Waals surface area contributed by atoms with Crippen LogP contribution in [0.2, 0.25) is 0 Å². The number of pyridine rings is 1. The van der Waals surface area contributed by atoms with Gasteiger partial charge in [0.2, 0.25) is 0 Å². The van der Waals surface area contributed by atoms with E-state index in [2.05, 4.69) is 31.2 Å². The summed E-state index contributed by atoms with van der Waals surface area (Å²) in [6.45, 7) is 0. The lowest BCUT2D eigenvalue weighted by Crippen LogP contribution is -2.34. The molecule has 0 saturated heterocycles. The molecule has 4 rings (SSSR count). The molecule has 0 aliphatic rings. The van der Waals surface area contributed by atoms with Crippen molar-refractivity contribution in [1.29, 1.82) is 5.26 Å². The quantitative estimate of drug-likeness (QED) is 0.222. The molecule has 0 aliphatic heterocycles. The van der Waals surface area contributed by atoms with Crippen LogP contribution >= 0.6 is 27.3 Å². The van der Waals surface area contributed by atoms with Gasteiger partial charge in [-0.3, -0.25) is 9.52 Å². The van der Waals surface area contributed by atoms with Gasteiger partial charge >= 0.3 is 11.3 Å². The molecule has 1 aromatic carbocycles. The Hall–Kier alpha value is -3.69. The van der Waals surface area contributed by atoms with Crippen LogP contribution in [0.5, 0.6) is 0 Å². The highest BCUT2D eigenvalue weighted by molar-refractivity contribution is 9.10. The van der Waals surface area contributed by atoms with Gasteiger partial charge in [0.05, 0.1) is 27.2 Å². The molecule has 0 atom stereocenters. The van der Waals surface area contributed by atoms with E-state index in [1.54, 1.807) is 24.3 Å². The normalized spacial score (nSPS) is 11.7. The number of hydrogen-bond donors (Lipinski definition) is 3. The van der Waals surface area contributed by atoms with Gasteiger partial charge in [-0.25, -0.2) is 9.78 Å². The van der Waals surface area contributed by atoms with Crippen LogP contribution in [0.4, 0.5) is 17.2 Å². The van der Waals surface area contributed by atoms with Crippen molar-refractivity contribution < 1.29 is 14.3 Å². The van der Waals surface area contributed by atoms with Crippen LogP contribution in [0.25, 0.3) is 21.5 Å². The fourth-order valence-electron chi connectivity index (χ4n) is 2.99. The lowest BCUT2D eigenvalue weighted by atomic mass is 10.0. The molecular weight excluding hydrogens is 474 g/mol. The molecule has 3 aromatic heterocycles. The fraction of sp³-hybridized carbons (Fsp3) is 0.0556. The van der Waals surface area contributed by atoms with Crippen LogP contribution in [0.3, 0.4) is 0 Å². The van der Waals surface area contributed by atoms with Gasteiger partial charge in [0.1, 0.15) is 22.3 Å². The van der Waals surface area contributed by atoms with Crippen LogP contribution in [0.15, 0.2) is 43.0 Å². The average molecular weight is 486 g/mol. The number of H-pyrrole nitrogens is 1. The number of aromatic amines is 1. The number of rotatable bonds is 3. The largest absolute Gasteiger partial charge is 0.858 e. The van der Waals surface area contributed by atoms with E-state index in [9.17, 15) is 15.2 Å². The molecule has 0 saturated carbocycles. The summed E-state index contributed by atoms with van der Waals surface area (Å²) in [6.07, 6.45) is 0. The third-order valence-electron chi connectivity index (χ3n) is 4.33. The van der Waals surface area contributed by atoms with Crippen molar-refractivity contribution in [2.75, 3.05) is 11.5 Å². The number of fused-ring (bicyclic) bond motifs is 1. The molecule has 0 fully saturated rings. The number of hydrogen-bond acceptors (Lipinski definition) is 9. The Labute approximate surface area is 180 Å². The SMILES string of the molecule is C[n+]1[nH]oc(=O)c1-c1c(C#N)c(N)nc2sc(C([O-])=Nc3ccccc3Br)c(N)c12. The lowest BCUT2D eigenvalue weighted by Gasteiger charge is -2.10. The number of aliphatic imine (C=N–C) groups is 1. The number of nitriles is 1. The predicted molar refractivity (Wildman–Crippen MR) is 113 cm³/mol. The maximum absolute atomic E-state index is 12.9. The van der Waals surface area contributed by atoms with Gasteiger partial charge in [-0.15, -0.1) is 11.3 Å². The number of nitrogens with two attached hydrogens (primary N) is 2. The molecule has 0 amide bonds. The summed E-state index contributed by atoms with van der Waals surface area (Å²) in [5.74, 6) is -0.681. The topological polar surface area (TPSA) is 174 Å². The monoisotopic (exact) mass is 485 g/mol. The van der Waals surface area contributed by atoms with Crippen molar-refractivity contribution in [2.45, 2.75) is 0 Å². The predicted octanol–water partition coefficient (Wildman–Crippen LogP) is 1.31. The van der Waals surface area contributed by atoms with E-state index in [1.165, 1.54) is 11.7 Å².